The molecule has 11 heavy (non-hydrogen) atoms. The lowest BCUT2D eigenvalue weighted by molar-refractivity contribution is -0.0746. The number of hydroxylamine groups is 2. The van der Waals surface area contributed by atoms with Crippen LogP contribution >= 0.6 is 11.6 Å². The molecule has 1 aromatic heterocycles. The van der Waals surface area contributed by atoms with Crippen molar-refractivity contribution < 1.29 is 5.21 Å². The zero-order chi connectivity index (χ0) is 8.43. The van der Waals surface area contributed by atoms with Crippen molar-refractivity contribution in [3.63, 3.8) is 0 Å². The molecule has 0 saturated heterocycles. The normalized spacial score (nSPS) is 11.0. The van der Waals surface area contributed by atoms with Crippen LogP contribution < -0.4 is 0 Å². The lowest BCUT2D eigenvalue weighted by atomic mass is 10.4. The lowest BCUT2D eigenvalue weighted by Gasteiger charge is -2.07. The second kappa shape index (κ2) is 3.21. The van der Waals surface area contributed by atoms with Gasteiger partial charge in [-0.25, -0.2) is 4.98 Å². The molecule has 1 N–H and O–H groups in total. The predicted octanol–water partition coefficient (Wildman–Crippen LogP) is 0.895. The van der Waals surface area contributed by atoms with Crippen molar-refractivity contribution in [3.05, 3.63) is 17.2 Å². The third-order valence-electron chi connectivity index (χ3n) is 1.39. The number of aromatic nitrogens is 2. The maximum Gasteiger partial charge on any atom is 0.151 e. The van der Waals surface area contributed by atoms with E-state index in [-0.39, 0.29) is 0 Å². The molecule has 0 aromatic carbocycles. The molecular formula is C6H10ClN3O. The van der Waals surface area contributed by atoms with Gasteiger partial charge >= 0.3 is 0 Å². The van der Waals surface area contributed by atoms with Crippen LogP contribution in [-0.4, -0.2) is 26.9 Å². The van der Waals surface area contributed by atoms with Crippen LogP contribution in [0.3, 0.4) is 0 Å². The van der Waals surface area contributed by atoms with Crippen molar-refractivity contribution in [2.24, 2.45) is 7.05 Å². The van der Waals surface area contributed by atoms with Gasteiger partial charge in [-0.15, -0.1) is 0 Å². The Morgan fingerprint density at radius 1 is 1.82 bits per heavy atom. The maximum atomic E-state index is 8.91. The summed E-state index contributed by atoms with van der Waals surface area (Å²) in [4.78, 5) is 3.86. The molecule has 4 nitrogen and oxygen atoms in total. The van der Waals surface area contributed by atoms with Crippen molar-refractivity contribution >= 4 is 11.6 Å². The van der Waals surface area contributed by atoms with E-state index in [1.165, 1.54) is 0 Å². The molecule has 1 rings (SSSR count). The second-order valence-corrected chi connectivity index (χ2v) is 2.77. The highest BCUT2D eigenvalue weighted by Crippen LogP contribution is 2.13. The fourth-order valence-electron chi connectivity index (χ4n) is 0.821. The Morgan fingerprint density at radius 2 is 2.45 bits per heavy atom. The third kappa shape index (κ3) is 1.92. The van der Waals surface area contributed by atoms with E-state index in [0.29, 0.717) is 11.7 Å². The highest BCUT2D eigenvalue weighted by molar-refractivity contribution is 6.30. The molecule has 0 saturated carbocycles. The highest BCUT2D eigenvalue weighted by Gasteiger charge is 2.06. The van der Waals surface area contributed by atoms with Crippen LogP contribution in [0.2, 0.25) is 5.15 Å². The van der Waals surface area contributed by atoms with Gasteiger partial charge in [-0.3, -0.25) is 0 Å². The van der Waals surface area contributed by atoms with Crippen LogP contribution in [0, 0.1) is 0 Å². The molecule has 0 unspecified atom stereocenters. The first-order valence-electron chi connectivity index (χ1n) is 3.17. The van der Waals surface area contributed by atoms with Crippen molar-refractivity contribution in [2.45, 2.75) is 6.54 Å². The van der Waals surface area contributed by atoms with Crippen molar-refractivity contribution in [3.8, 4) is 0 Å². The fraction of sp³-hybridized carbons (Fsp3) is 0.500. The van der Waals surface area contributed by atoms with Gasteiger partial charge in [-0.05, 0) is 0 Å². The first kappa shape index (κ1) is 8.52. The second-order valence-electron chi connectivity index (χ2n) is 2.41. The molecule has 5 heteroatoms. The molecule has 0 spiro atoms. The molecule has 0 atom stereocenters. The highest BCUT2D eigenvalue weighted by atomic mass is 35.5. The summed E-state index contributed by atoms with van der Waals surface area (Å²) in [7, 11) is 3.39. The van der Waals surface area contributed by atoms with Crippen molar-refractivity contribution in [2.75, 3.05) is 7.05 Å². The van der Waals surface area contributed by atoms with Gasteiger partial charge in [-0.1, -0.05) is 11.6 Å². The minimum Gasteiger partial charge on any atom is -0.335 e. The quantitative estimate of drug-likeness (QED) is 0.679. The summed E-state index contributed by atoms with van der Waals surface area (Å²) in [6.45, 7) is 0.384. The van der Waals surface area contributed by atoms with E-state index in [2.05, 4.69) is 4.98 Å². The van der Waals surface area contributed by atoms with Gasteiger partial charge in [0, 0.05) is 14.1 Å². The molecule has 62 valence electrons. The Bertz CT molecular complexity index is 226. The molecule has 0 aliphatic rings. The first-order chi connectivity index (χ1) is 5.11. The van der Waals surface area contributed by atoms with Crippen LogP contribution in [0.15, 0.2) is 6.33 Å². The SMILES string of the molecule is CN(O)Cc1c(Cl)ncn1C. The van der Waals surface area contributed by atoms with E-state index in [4.69, 9.17) is 16.8 Å². The average Bonchev–Trinajstić information content (AvgIpc) is 2.18. The smallest absolute Gasteiger partial charge is 0.151 e. The van der Waals surface area contributed by atoms with Gasteiger partial charge < -0.3 is 9.77 Å². The van der Waals surface area contributed by atoms with Crippen LogP contribution in [0.4, 0.5) is 0 Å². The number of hydrogen-bond acceptors (Lipinski definition) is 3. The Morgan fingerprint density at radius 3 is 2.82 bits per heavy atom. The Labute approximate surface area is 70.0 Å². The van der Waals surface area contributed by atoms with E-state index in [0.717, 1.165) is 10.8 Å². The summed E-state index contributed by atoms with van der Waals surface area (Å²) in [6, 6.07) is 0. The Kier molecular flexibility index (Phi) is 2.49. The fourth-order valence-corrected chi connectivity index (χ4v) is 1.06. The standard InChI is InChI=1S/C6H10ClN3O/c1-9-4-8-6(7)5(9)3-10(2)11/h4,11H,3H2,1-2H3. The number of halogens is 1. The summed E-state index contributed by atoms with van der Waals surface area (Å²) >= 11 is 5.72. The predicted molar refractivity (Wildman–Crippen MR) is 41.5 cm³/mol. The summed E-state index contributed by atoms with van der Waals surface area (Å²) in [5.41, 5.74) is 0.802. The number of imidazole rings is 1. The van der Waals surface area contributed by atoms with Crippen LogP contribution in [0.25, 0.3) is 0 Å². The number of rotatable bonds is 2. The molecule has 0 aliphatic carbocycles. The molecule has 0 aliphatic heterocycles. The zero-order valence-corrected chi connectivity index (χ0v) is 7.21. The Hall–Kier alpha value is -0.580. The van der Waals surface area contributed by atoms with Gasteiger partial charge in [0.05, 0.1) is 18.6 Å². The molecule has 0 amide bonds. The van der Waals surface area contributed by atoms with E-state index in [1.807, 2.05) is 7.05 Å². The largest absolute Gasteiger partial charge is 0.335 e. The first-order valence-corrected chi connectivity index (χ1v) is 3.54. The van der Waals surface area contributed by atoms with E-state index in [1.54, 1.807) is 17.9 Å². The molecule has 0 fully saturated rings. The summed E-state index contributed by atoms with van der Waals surface area (Å²) < 4.78 is 1.77. The van der Waals surface area contributed by atoms with Crippen molar-refractivity contribution in [1.82, 2.24) is 14.6 Å². The monoisotopic (exact) mass is 175 g/mol. The average molecular weight is 176 g/mol. The summed E-state index contributed by atoms with van der Waals surface area (Å²) in [5.74, 6) is 0. The summed E-state index contributed by atoms with van der Waals surface area (Å²) in [6.07, 6.45) is 1.61. The Balaban J connectivity index is 2.83. The van der Waals surface area contributed by atoms with Crippen LogP contribution in [0.1, 0.15) is 5.69 Å². The van der Waals surface area contributed by atoms with Gasteiger partial charge in [0.1, 0.15) is 0 Å². The zero-order valence-electron chi connectivity index (χ0n) is 6.45. The molecule has 0 bridgehead atoms. The van der Waals surface area contributed by atoms with Gasteiger partial charge in [-0.2, -0.15) is 5.06 Å². The van der Waals surface area contributed by atoms with Crippen molar-refractivity contribution in [1.29, 1.82) is 0 Å². The summed E-state index contributed by atoms with van der Waals surface area (Å²) in [5, 5.41) is 10.4. The van der Waals surface area contributed by atoms with Crippen LogP contribution in [0.5, 0.6) is 0 Å². The van der Waals surface area contributed by atoms with E-state index in [9.17, 15) is 0 Å². The lowest BCUT2D eigenvalue weighted by Crippen LogP contribution is -2.14. The van der Waals surface area contributed by atoms with Gasteiger partial charge in [0.25, 0.3) is 0 Å². The van der Waals surface area contributed by atoms with E-state index < -0.39 is 0 Å². The number of hydrogen-bond donors (Lipinski definition) is 1. The number of aryl methyl sites for hydroxylation is 1. The van der Waals surface area contributed by atoms with E-state index >= 15 is 0 Å². The van der Waals surface area contributed by atoms with Gasteiger partial charge in [0.2, 0.25) is 0 Å². The van der Waals surface area contributed by atoms with Crippen LogP contribution in [-0.2, 0) is 13.6 Å². The molecule has 0 radical (unpaired) electrons. The topological polar surface area (TPSA) is 41.3 Å². The minimum atomic E-state index is 0.384. The molecule has 1 heterocycles. The molecule has 1 aromatic rings. The third-order valence-corrected chi connectivity index (χ3v) is 1.70. The minimum absolute atomic E-state index is 0.384. The molecular weight excluding hydrogens is 166 g/mol. The number of nitrogens with zero attached hydrogens (tertiary/aromatic N) is 3. The van der Waals surface area contributed by atoms with Gasteiger partial charge in [0.15, 0.2) is 5.15 Å². The maximum absolute atomic E-state index is 8.91.